The topological polar surface area (TPSA) is 78.4 Å². The predicted octanol–water partition coefficient (Wildman–Crippen LogP) is 2.69. The number of rotatable bonds is 9. The largest absolute Gasteiger partial charge is 0.378 e. The van der Waals surface area contributed by atoms with Gasteiger partial charge in [-0.05, 0) is 58.0 Å². The molecule has 0 radical (unpaired) electrons. The molecule has 1 saturated carbocycles. The first-order valence-corrected chi connectivity index (χ1v) is 10.5. The van der Waals surface area contributed by atoms with E-state index in [9.17, 15) is 0 Å². The maximum atomic E-state index is 5.41. The highest BCUT2D eigenvalue weighted by molar-refractivity contribution is 5.58. The summed E-state index contributed by atoms with van der Waals surface area (Å²) >= 11 is 0. The van der Waals surface area contributed by atoms with Gasteiger partial charge in [0.15, 0.2) is 0 Å². The van der Waals surface area contributed by atoms with Gasteiger partial charge in [0.1, 0.15) is 11.6 Å². The minimum atomic E-state index is 0.602. The number of morpholine rings is 1. The van der Waals surface area contributed by atoms with E-state index in [1.54, 1.807) is 0 Å². The number of pyridine rings is 1. The summed E-state index contributed by atoms with van der Waals surface area (Å²) in [6, 6.07) is 4.06. The number of nitrogens with zero attached hydrogens (tertiary/aromatic N) is 5. The van der Waals surface area contributed by atoms with Crippen LogP contribution in [0.4, 0.5) is 23.3 Å². The summed E-state index contributed by atoms with van der Waals surface area (Å²) in [6.07, 6.45) is 7.35. The van der Waals surface area contributed by atoms with Crippen LogP contribution in [-0.2, 0) is 4.74 Å². The highest BCUT2D eigenvalue weighted by Gasteiger charge is 2.27. The first-order valence-electron chi connectivity index (χ1n) is 10.5. The highest BCUT2D eigenvalue weighted by atomic mass is 16.5. The Labute approximate surface area is 172 Å². The van der Waals surface area contributed by atoms with Crippen LogP contribution in [0.2, 0.25) is 0 Å². The zero-order valence-corrected chi connectivity index (χ0v) is 17.4. The lowest BCUT2D eigenvalue weighted by Crippen LogP contribution is -2.36. The highest BCUT2D eigenvalue weighted by Crippen LogP contribution is 2.42. The molecule has 2 aliphatic rings. The van der Waals surface area contributed by atoms with Crippen LogP contribution in [0.25, 0.3) is 0 Å². The molecular weight excluding hydrogens is 366 g/mol. The Morgan fingerprint density at radius 1 is 1.14 bits per heavy atom. The average molecular weight is 398 g/mol. The number of hydrogen-bond donors (Lipinski definition) is 2. The molecule has 2 aromatic rings. The van der Waals surface area contributed by atoms with Crippen LogP contribution in [0.5, 0.6) is 0 Å². The van der Waals surface area contributed by atoms with Gasteiger partial charge in [-0.1, -0.05) is 0 Å². The number of nitrogens with one attached hydrogen (secondary N) is 2. The van der Waals surface area contributed by atoms with Gasteiger partial charge in [-0.3, -0.25) is 0 Å². The third-order valence-corrected chi connectivity index (χ3v) is 5.25. The van der Waals surface area contributed by atoms with E-state index < -0.39 is 0 Å². The van der Waals surface area contributed by atoms with Crippen LogP contribution >= 0.6 is 0 Å². The summed E-state index contributed by atoms with van der Waals surface area (Å²) in [6.45, 7) is 5.25. The molecule has 4 rings (SSSR count). The lowest BCUT2D eigenvalue weighted by atomic mass is 10.2. The van der Waals surface area contributed by atoms with E-state index in [-0.39, 0.29) is 0 Å². The molecule has 156 valence electrons. The van der Waals surface area contributed by atoms with Gasteiger partial charge >= 0.3 is 0 Å². The third kappa shape index (κ3) is 5.55. The van der Waals surface area contributed by atoms with Gasteiger partial charge in [0, 0.05) is 31.4 Å². The van der Waals surface area contributed by atoms with E-state index in [1.165, 1.54) is 18.4 Å². The average Bonchev–Trinajstić information content (AvgIpc) is 3.58. The van der Waals surface area contributed by atoms with Gasteiger partial charge < -0.3 is 25.2 Å². The van der Waals surface area contributed by atoms with Gasteiger partial charge in [-0.2, -0.15) is 4.98 Å². The van der Waals surface area contributed by atoms with Crippen LogP contribution in [0.1, 0.15) is 30.7 Å². The van der Waals surface area contributed by atoms with Crippen molar-refractivity contribution in [1.82, 2.24) is 19.9 Å². The molecule has 2 aromatic heterocycles. The van der Waals surface area contributed by atoms with Gasteiger partial charge in [0.2, 0.25) is 5.95 Å². The fourth-order valence-electron chi connectivity index (χ4n) is 3.46. The smallest absolute Gasteiger partial charge is 0.229 e. The molecule has 2 N–H and O–H groups in total. The van der Waals surface area contributed by atoms with Gasteiger partial charge in [-0.15, -0.1) is 0 Å². The fraction of sp³-hybridized carbons (Fsp3) is 0.571. The number of ether oxygens (including phenoxy) is 1. The van der Waals surface area contributed by atoms with Gasteiger partial charge in [-0.25, -0.2) is 9.97 Å². The molecule has 8 heteroatoms. The molecule has 0 atom stereocenters. The van der Waals surface area contributed by atoms with Crippen molar-refractivity contribution in [2.24, 2.45) is 0 Å². The van der Waals surface area contributed by atoms with E-state index in [1.807, 2.05) is 24.5 Å². The summed E-state index contributed by atoms with van der Waals surface area (Å²) < 4.78 is 5.41. The van der Waals surface area contributed by atoms with E-state index in [2.05, 4.69) is 44.5 Å². The molecule has 0 bridgehead atoms. The van der Waals surface area contributed by atoms with E-state index >= 15 is 0 Å². The van der Waals surface area contributed by atoms with Crippen LogP contribution in [0.3, 0.4) is 0 Å². The van der Waals surface area contributed by atoms with E-state index in [0.717, 1.165) is 63.1 Å². The summed E-state index contributed by atoms with van der Waals surface area (Å²) in [7, 11) is 4.20. The number of anilines is 4. The molecular formula is C21H31N7O. The lowest BCUT2D eigenvalue weighted by molar-refractivity contribution is 0.122. The molecule has 3 heterocycles. The molecule has 29 heavy (non-hydrogen) atoms. The van der Waals surface area contributed by atoms with Crippen LogP contribution < -0.4 is 15.5 Å². The normalized spacial score (nSPS) is 16.9. The third-order valence-electron chi connectivity index (χ3n) is 5.25. The minimum Gasteiger partial charge on any atom is -0.378 e. The maximum Gasteiger partial charge on any atom is 0.229 e. The van der Waals surface area contributed by atoms with Crippen molar-refractivity contribution < 1.29 is 4.74 Å². The fourth-order valence-corrected chi connectivity index (χ4v) is 3.46. The second-order valence-corrected chi connectivity index (χ2v) is 7.98. The molecule has 0 amide bonds. The monoisotopic (exact) mass is 397 g/mol. The number of hydrogen-bond acceptors (Lipinski definition) is 8. The van der Waals surface area contributed by atoms with Crippen LogP contribution in [0, 0.1) is 0 Å². The predicted molar refractivity (Wildman–Crippen MR) is 116 cm³/mol. The Hall–Kier alpha value is -2.45. The van der Waals surface area contributed by atoms with Crippen molar-refractivity contribution in [3.63, 3.8) is 0 Å². The van der Waals surface area contributed by atoms with E-state index in [4.69, 9.17) is 9.72 Å². The van der Waals surface area contributed by atoms with Gasteiger partial charge in [0.25, 0.3) is 0 Å². The Bertz CT molecular complexity index is 786. The zero-order valence-electron chi connectivity index (χ0n) is 17.4. The lowest BCUT2D eigenvalue weighted by Gasteiger charge is -2.27. The second kappa shape index (κ2) is 9.37. The Morgan fingerprint density at radius 3 is 2.66 bits per heavy atom. The first kappa shape index (κ1) is 19.8. The van der Waals surface area contributed by atoms with Crippen molar-refractivity contribution in [2.45, 2.75) is 25.2 Å². The quantitative estimate of drug-likeness (QED) is 0.626. The minimum absolute atomic E-state index is 0.602. The zero-order chi connectivity index (χ0) is 20.1. The van der Waals surface area contributed by atoms with Crippen molar-refractivity contribution in [1.29, 1.82) is 0 Å². The van der Waals surface area contributed by atoms with Crippen LogP contribution in [-0.4, -0.2) is 73.3 Å². The Balaban J connectivity index is 1.40. The maximum absolute atomic E-state index is 5.41. The van der Waals surface area contributed by atoms with Gasteiger partial charge in [0.05, 0.1) is 25.1 Å². The molecule has 0 aromatic carbocycles. The summed E-state index contributed by atoms with van der Waals surface area (Å²) in [4.78, 5) is 18.3. The van der Waals surface area contributed by atoms with Crippen molar-refractivity contribution in [3.05, 3.63) is 30.1 Å². The Morgan fingerprint density at radius 2 is 1.97 bits per heavy atom. The molecule has 1 saturated heterocycles. The Kier molecular flexibility index (Phi) is 6.41. The molecule has 8 nitrogen and oxygen atoms in total. The first-order chi connectivity index (χ1) is 14.2. The molecule has 0 unspecified atom stereocenters. The summed E-state index contributed by atoms with van der Waals surface area (Å²) in [5.41, 5.74) is 2.13. The SMILES string of the molecule is CN(C)CCCNc1nc(Nc2ccc(N3CCOCC3)nc2)ncc1C1CC1. The van der Waals surface area contributed by atoms with Crippen LogP contribution in [0.15, 0.2) is 24.5 Å². The summed E-state index contributed by atoms with van der Waals surface area (Å²) in [5.74, 6) is 3.15. The number of aromatic nitrogens is 3. The molecule has 1 aliphatic carbocycles. The standard InChI is InChI=1S/C21H31N7O/c1-27(2)9-3-8-22-20-18(16-4-5-16)15-24-21(26-20)25-17-6-7-19(23-14-17)28-10-12-29-13-11-28/h6-7,14-16H,3-5,8-13H2,1-2H3,(H2,22,24,25,26). The van der Waals surface area contributed by atoms with E-state index in [0.29, 0.717) is 11.9 Å². The van der Waals surface area contributed by atoms with Crippen molar-refractivity contribution >= 4 is 23.3 Å². The second-order valence-electron chi connectivity index (χ2n) is 7.98. The van der Waals surface area contributed by atoms with Crippen molar-refractivity contribution in [3.8, 4) is 0 Å². The molecule has 1 aliphatic heterocycles. The molecule has 2 fully saturated rings. The molecule has 0 spiro atoms. The van der Waals surface area contributed by atoms with Crippen molar-refractivity contribution in [2.75, 3.05) is 69.0 Å². The summed E-state index contributed by atoms with van der Waals surface area (Å²) in [5, 5.41) is 6.81.